The summed E-state index contributed by atoms with van der Waals surface area (Å²) in [5, 5.41) is 19.8. The number of fused-ring (bicyclic) bond motifs is 4. The fraction of sp³-hybridized carbons (Fsp3) is 0.559. The molecule has 6 rings (SSSR count). The third-order valence-corrected chi connectivity index (χ3v) is 10.0. The van der Waals surface area contributed by atoms with Crippen LogP contribution in [0.25, 0.3) is 0 Å². The van der Waals surface area contributed by atoms with Crippen molar-refractivity contribution in [3.8, 4) is 17.9 Å². The van der Waals surface area contributed by atoms with Gasteiger partial charge >= 0.3 is 0 Å². The Morgan fingerprint density at radius 3 is 2.50 bits per heavy atom. The SMILES string of the molecule is CC1(C)COC2(C=C3CCC4C(=C3CC2)C(c2ccc(C#C/C=C\C#N)cc2)CC2(C)C(O)CCC42)OC1. The third-order valence-electron chi connectivity index (χ3n) is 10.0. The summed E-state index contributed by atoms with van der Waals surface area (Å²) in [6.45, 7) is 8.21. The molecule has 0 aromatic heterocycles. The van der Waals surface area contributed by atoms with Gasteiger partial charge in [-0.1, -0.05) is 50.3 Å². The lowest BCUT2D eigenvalue weighted by atomic mass is 9.53. The summed E-state index contributed by atoms with van der Waals surface area (Å²) in [6, 6.07) is 10.6. The molecule has 198 valence electrons. The summed E-state index contributed by atoms with van der Waals surface area (Å²) in [6.07, 6.45) is 12.2. The van der Waals surface area contributed by atoms with E-state index in [-0.39, 0.29) is 16.9 Å². The summed E-state index contributed by atoms with van der Waals surface area (Å²) in [5.41, 5.74) is 6.89. The number of nitriles is 1. The summed E-state index contributed by atoms with van der Waals surface area (Å²) in [4.78, 5) is 0. The molecule has 38 heavy (non-hydrogen) atoms. The maximum atomic E-state index is 11.2. The smallest absolute Gasteiger partial charge is 0.188 e. The molecule has 5 atom stereocenters. The van der Waals surface area contributed by atoms with Crippen LogP contribution in [0.2, 0.25) is 0 Å². The van der Waals surface area contributed by atoms with Crippen molar-refractivity contribution in [2.75, 3.05) is 13.2 Å². The van der Waals surface area contributed by atoms with Gasteiger partial charge in [-0.15, -0.1) is 0 Å². The van der Waals surface area contributed by atoms with Crippen molar-refractivity contribution in [3.05, 3.63) is 70.3 Å². The molecule has 0 amide bonds. The Hall–Kier alpha value is -2.63. The van der Waals surface area contributed by atoms with E-state index in [9.17, 15) is 5.11 Å². The first-order valence-corrected chi connectivity index (χ1v) is 14.3. The molecular weight excluding hydrogens is 470 g/mol. The van der Waals surface area contributed by atoms with Gasteiger partial charge < -0.3 is 14.6 Å². The van der Waals surface area contributed by atoms with Gasteiger partial charge in [-0.25, -0.2) is 0 Å². The van der Waals surface area contributed by atoms with Crippen LogP contribution < -0.4 is 0 Å². The first kappa shape index (κ1) is 25.6. The molecule has 1 aromatic carbocycles. The predicted molar refractivity (Wildman–Crippen MR) is 148 cm³/mol. The topological polar surface area (TPSA) is 62.5 Å². The molecule has 0 radical (unpaired) electrons. The van der Waals surface area contributed by atoms with Gasteiger partial charge in [0.15, 0.2) is 5.79 Å². The maximum absolute atomic E-state index is 11.2. The molecular formula is C34H39NO3. The molecule has 1 N–H and O–H groups in total. The Kier molecular flexibility index (Phi) is 6.43. The number of hydrogen-bond acceptors (Lipinski definition) is 4. The van der Waals surface area contributed by atoms with E-state index in [0.717, 1.165) is 63.7 Å². The zero-order valence-corrected chi connectivity index (χ0v) is 22.9. The molecule has 1 saturated heterocycles. The van der Waals surface area contributed by atoms with Gasteiger partial charge in [0.05, 0.1) is 25.4 Å². The number of aliphatic hydroxyl groups is 1. The highest BCUT2D eigenvalue weighted by molar-refractivity contribution is 5.50. The zero-order chi connectivity index (χ0) is 26.5. The first-order chi connectivity index (χ1) is 18.2. The van der Waals surface area contributed by atoms with Crippen molar-refractivity contribution < 1.29 is 14.6 Å². The second kappa shape index (κ2) is 9.53. The van der Waals surface area contributed by atoms with E-state index in [2.05, 4.69) is 63.0 Å². The summed E-state index contributed by atoms with van der Waals surface area (Å²) in [5.74, 6) is 6.87. The number of rotatable bonds is 1. The normalized spacial score (nSPS) is 35.0. The van der Waals surface area contributed by atoms with Gasteiger partial charge in [-0.05, 0) is 96.8 Å². The highest BCUT2D eigenvalue weighted by atomic mass is 16.7. The van der Waals surface area contributed by atoms with Crippen LogP contribution in [-0.4, -0.2) is 30.2 Å². The largest absolute Gasteiger partial charge is 0.393 e. The van der Waals surface area contributed by atoms with E-state index in [4.69, 9.17) is 14.7 Å². The van der Waals surface area contributed by atoms with Crippen molar-refractivity contribution in [2.24, 2.45) is 22.7 Å². The minimum atomic E-state index is -0.565. The second-order valence-electron chi connectivity index (χ2n) is 13.1. The van der Waals surface area contributed by atoms with Crippen LogP contribution in [0, 0.1) is 45.8 Å². The molecule has 2 saturated carbocycles. The van der Waals surface area contributed by atoms with E-state index in [1.807, 2.05) is 6.07 Å². The van der Waals surface area contributed by atoms with Crippen molar-refractivity contribution in [1.82, 2.24) is 0 Å². The van der Waals surface area contributed by atoms with E-state index >= 15 is 0 Å². The van der Waals surface area contributed by atoms with Gasteiger partial charge in [-0.2, -0.15) is 5.26 Å². The Morgan fingerprint density at radius 1 is 1.00 bits per heavy atom. The van der Waals surface area contributed by atoms with Crippen molar-refractivity contribution in [1.29, 1.82) is 5.26 Å². The summed E-state index contributed by atoms with van der Waals surface area (Å²) >= 11 is 0. The average molecular weight is 510 g/mol. The molecule has 3 fully saturated rings. The molecule has 4 heteroatoms. The molecule has 0 bridgehead atoms. The number of allylic oxidation sites excluding steroid dienone is 5. The van der Waals surface area contributed by atoms with Crippen LogP contribution in [-0.2, 0) is 9.47 Å². The number of nitrogens with zero attached hydrogens (tertiary/aromatic N) is 1. The van der Waals surface area contributed by atoms with Gasteiger partial charge in [-0.3, -0.25) is 0 Å². The van der Waals surface area contributed by atoms with Gasteiger partial charge in [0.25, 0.3) is 0 Å². The lowest BCUT2D eigenvalue weighted by molar-refractivity contribution is -0.275. The van der Waals surface area contributed by atoms with Crippen LogP contribution in [0.5, 0.6) is 0 Å². The monoisotopic (exact) mass is 509 g/mol. The Balaban J connectivity index is 1.38. The highest BCUT2D eigenvalue weighted by Crippen LogP contribution is 2.64. The third kappa shape index (κ3) is 4.38. The molecule has 4 aliphatic carbocycles. The number of benzene rings is 1. The van der Waals surface area contributed by atoms with Gasteiger partial charge in [0, 0.05) is 29.4 Å². The van der Waals surface area contributed by atoms with Crippen LogP contribution in [0.4, 0.5) is 0 Å². The van der Waals surface area contributed by atoms with E-state index in [1.54, 1.807) is 17.2 Å². The minimum Gasteiger partial charge on any atom is -0.393 e. The van der Waals surface area contributed by atoms with Crippen molar-refractivity contribution in [3.63, 3.8) is 0 Å². The number of aliphatic hydroxyl groups excluding tert-OH is 1. The number of hydrogen-bond donors (Lipinski definition) is 1. The quantitative estimate of drug-likeness (QED) is 0.343. The van der Waals surface area contributed by atoms with Crippen LogP contribution in [0.3, 0.4) is 0 Å². The minimum absolute atomic E-state index is 0.0434. The summed E-state index contributed by atoms with van der Waals surface area (Å²) < 4.78 is 12.8. The molecule has 5 aliphatic rings. The zero-order valence-electron chi connectivity index (χ0n) is 22.9. The Bertz CT molecular complexity index is 1290. The number of ether oxygens (including phenoxy) is 2. The van der Waals surface area contributed by atoms with Crippen LogP contribution in [0.15, 0.2) is 59.2 Å². The molecule has 1 aliphatic heterocycles. The Morgan fingerprint density at radius 2 is 1.76 bits per heavy atom. The lowest BCUT2D eigenvalue weighted by Crippen LogP contribution is -2.49. The first-order valence-electron chi connectivity index (χ1n) is 14.3. The standard InChI is InChI=1S/C34H39NO3/c1-32(2)21-37-34(38-22-32)17-16-26-25(19-34)12-13-27-29-14-15-30(36)33(29,3)20-28(31(26)27)24-10-8-23(9-11-24)7-5-4-6-18-35/h4,6,8-11,19,27-30,36H,12-17,20-22H2,1-3H3/b6-4-. The van der Waals surface area contributed by atoms with E-state index in [1.165, 1.54) is 17.2 Å². The summed E-state index contributed by atoms with van der Waals surface area (Å²) in [7, 11) is 0. The maximum Gasteiger partial charge on any atom is 0.188 e. The van der Waals surface area contributed by atoms with E-state index < -0.39 is 5.79 Å². The van der Waals surface area contributed by atoms with Crippen molar-refractivity contribution >= 4 is 0 Å². The van der Waals surface area contributed by atoms with Gasteiger partial charge in [0.1, 0.15) is 0 Å². The van der Waals surface area contributed by atoms with E-state index in [0.29, 0.717) is 17.8 Å². The van der Waals surface area contributed by atoms with Crippen LogP contribution in [0.1, 0.15) is 82.8 Å². The lowest BCUT2D eigenvalue weighted by Gasteiger charge is -2.53. The van der Waals surface area contributed by atoms with Crippen molar-refractivity contribution in [2.45, 2.75) is 83.5 Å². The second-order valence-corrected chi connectivity index (χ2v) is 13.1. The predicted octanol–water partition coefficient (Wildman–Crippen LogP) is 6.58. The highest BCUT2D eigenvalue weighted by Gasteiger charge is 2.56. The molecule has 1 spiro atoms. The fourth-order valence-corrected chi connectivity index (χ4v) is 8.00. The van der Waals surface area contributed by atoms with Crippen LogP contribution >= 0.6 is 0 Å². The molecule has 5 unspecified atom stereocenters. The van der Waals surface area contributed by atoms with Gasteiger partial charge in [0.2, 0.25) is 0 Å². The Labute approximate surface area is 227 Å². The molecule has 1 aromatic rings. The molecule has 4 nitrogen and oxygen atoms in total. The molecule has 1 heterocycles. The average Bonchev–Trinajstić information content (AvgIpc) is 3.22. The fourth-order valence-electron chi connectivity index (χ4n) is 8.00.